The number of morpholine rings is 1. The van der Waals surface area contributed by atoms with Crippen molar-refractivity contribution in [2.45, 2.75) is 64.2 Å². The van der Waals surface area contributed by atoms with Gasteiger partial charge in [-0.2, -0.15) is 0 Å². The number of amides is 1. The molecule has 0 aromatic rings. The van der Waals surface area contributed by atoms with Gasteiger partial charge in [-0.25, -0.2) is 0 Å². The number of carbonyl (C=O) groups is 1. The molecule has 0 aromatic heterocycles. The first kappa shape index (κ1) is 17.4. The number of nitrogens with two attached hydrogens (primary N) is 1. The minimum Gasteiger partial charge on any atom is -0.368 e. The molecule has 1 atom stereocenters. The van der Waals surface area contributed by atoms with E-state index in [1.807, 2.05) is 6.92 Å². The molecular formula is C15H31N3O2. The van der Waals surface area contributed by atoms with E-state index in [0.717, 1.165) is 32.5 Å². The molecule has 1 amide bonds. The van der Waals surface area contributed by atoms with Crippen molar-refractivity contribution in [3.05, 3.63) is 0 Å². The molecule has 1 saturated heterocycles. The second kappa shape index (κ2) is 6.00. The number of primary amides is 1. The zero-order valence-corrected chi connectivity index (χ0v) is 13.9. The molecule has 1 fully saturated rings. The van der Waals surface area contributed by atoms with Gasteiger partial charge in [0.05, 0.1) is 16.7 Å². The Hall–Kier alpha value is -0.650. The Bertz CT molecular complexity index is 339. The monoisotopic (exact) mass is 285 g/mol. The van der Waals surface area contributed by atoms with E-state index in [0.29, 0.717) is 0 Å². The Labute approximate surface area is 123 Å². The molecule has 0 bridgehead atoms. The number of carbonyl (C=O) groups excluding carboxylic acids is 1. The Morgan fingerprint density at radius 1 is 1.30 bits per heavy atom. The minimum atomic E-state index is -0.614. The third-order valence-electron chi connectivity index (χ3n) is 4.01. The molecule has 20 heavy (non-hydrogen) atoms. The van der Waals surface area contributed by atoms with Gasteiger partial charge in [0.2, 0.25) is 5.91 Å². The molecule has 1 heterocycles. The van der Waals surface area contributed by atoms with E-state index in [1.165, 1.54) is 0 Å². The Kier molecular flexibility index (Phi) is 5.22. The van der Waals surface area contributed by atoms with Crippen molar-refractivity contribution in [2.24, 2.45) is 5.73 Å². The van der Waals surface area contributed by atoms with Crippen LogP contribution >= 0.6 is 0 Å². The van der Waals surface area contributed by atoms with E-state index in [2.05, 4.69) is 37.9 Å². The van der Waals surface area contributed by atoms with Crippen molar-refractivity contribution in [1.82, 2.24) is 10.2 Å². The van der Waals surface area contributed by atoms with Crippen molar-refractivity contribution < 1.29 is 9.53 Å². The summed E-state index contributed by atoms with van der Waals surface area (Å²) in [5, 5.41) is 3.03. The summed E-state index contributed by atoms with van der Waals surface area (Å²) in [5.74, 6) is -0.289. The number of nitrogens with zero attached hydrogens (tertiary/aromatic N) is 1. The highest BCUT2D eigenvalue weighted by molar-refractivity contribution is 5.84. The first-order chi connectivity index (χ1) is 9.00. The summed E-state index contributed by atoms with van der Waals surface area (Å²) in [6.45, 7) is 13.2. The minimum absolute atomic E-state index is 0.127. The predicted molar refractivity (Wildman–Crippen MR) is 81.6 cm³/mol. The summed E-state index contributed by atoms with van der Waals surface area (Å²) in [5.41, 5.74) is 4.58. The van der Waals surface area contributed by atoms with Crippen molar-refractivity contribution in [3.63, 3.8) is 0 Å². The van der Waals surface area contributed by atoms with Crippen LogP contribution in [0.2, 0.25) is 0 Å². The van der Waals surface area contributed by atoms with Gasteiger partial charge in [0, 0.05) is 13.1 Å². The number of likely N-dealkylation sites (N-methyl/N-ethyl adjacent to an activating group) is 1. The van der Waals surface area contributed by atoms with Gasteiger partial charge in [-0.05, 0) is 61.1 Å². The second-order valence-electron chi connectivity index (χ2n) is 7.38. The number of rotatable bonds is 6. The highest BCUT2D eigenvalue weighted by Gasteiger charge is 2.38. The topological polar surface area (TPSA) is 67.6 Å². The van der Waals surface area contributed by atoms with E-state index < -0.39 is 5.54 Å². The Morgan fingerprint density at radius 3 is 2.20 bits per heavy atom. The van der Waals surface area contributed by atoms with Crippen LogP contribution in [0, 0.1) is 0 Å². The van der Waals surface area contributed by atoms with E-state index in [4.69, 9.17) is 10.5 Å². The first-order valence-corrected chi connectivity index (χ1v) is 7.41. The summed E-state index contributed by atoms with van der Waals surface area (Å²) < 4.78 is 6.07. The third kappa shape index (κ3) is 4.72. The van der Waals surface area contributed by atoms with Crippen molar-refractivity contribution in [1.29, 1.82) is 0 Å². The SMILES string of the molecule is CNC(C)(CCCN1CC(C)(C)OC(C)(C)C1)C(N)=O. The standard InChI is InChI=1S/C15H31N3O2/c1-13(2)10-18(11-14(3,4)20-13)9-7-8-15(5,17-6)12(16)19/h17H,7-11H2,1-6H3,(H2,16,19). The van der Waals surface area contributed by atoms with Crippen molar-refractivity contribution in [2.75, 3.05) is 26.7 Å². The van der Waals surface area contributed by atoms with Gasteiger partial charge in [-0.15, -0.1) is 0 Å². The van der Waals surface area contributed by atoms with E-state index in [-0.39, 0.29) is 17.1 Å². The number of nitrogens with one attached hydrogen (secondary N) is 1. The molecule has 5 nitrogen and oxygen atoms in total. The molecular weight excluding hydrogens is 254 g/mol. The lowest BCUT2D eigenvalue weighted by Gasteiger charge is -2.47. The molecule has 0 spiro atoms. The molecule has 5 heteroatoms. The molecule has 0 aromatic carbocycles. The van der Waals surface area contributed by atoms with Gasteiger partial charge < -0.3 is 15.8 Å². The highest BCUT2D eigenvalue weighted by Crippen LogP contribution is 2.28. The summed E-state index contributed by atoms with van der Waals surface area (Å²) >= 11 is 0. The van der Waals surface area contributed by atoms with Gasteiger partial charge in [0.15, 0.2) is 0 Å². The number of hydrogen-bond acceptors (Lipinski definition) is 4. The maximum Gasteiger partial charge on any atom is 0.237 e. The molecule has 118 valence electrons. The molecule has 1 aliphatic heterocycles. The average Bonchev–Trinajstić information content (AvgIpc) is 2.24. The molecule has 3 N–H and O–H groups in total. The fraction of sp³-hybridized carbons (Fsp3) is 0.933. The van der Waals surface area contributed by atoms with Crippen LogP contribution in [-0.4, -0.2) is 54.2 Å². The lowest BCUT2D eigenvalue weighted by atomic mass is 9.94. The predicted octanol–water partition coefficient (Wildman–Crippen LogP) is 1.12. The van der Waals surface area contributed by atoms with Crippen LogP contribution in [0.3, 0.4) is 0 Å². The van der Waals surface area contributed by atoms with Gasteiger partial charge in [-0.1, -0.05) is 0 Å². The Balaban J connectivity index is 2.51. The Morgan fingerprint density at radius 2 is 1.80 bits per heavy atom. The lowest BCUT2D eigenvalue weighted by molar-refractivity contribution is -0.180. The molecule has 1 aliphatic rings. The lowest BCUT2D eigenvalue weighted by Crippen LogP contribution is -2.57. The van der Waals surface area contributed by atoms with Crippen molar-refractivity contribution >= 4 is 5.91 Å². The van der Waals surface area contributed by atoms with Gasteiger partial charge in [0.25, 0.3) is 0 Å². The van der Waals surface area contributed by atoms with Gasteiger partial charge in [0.1, 0.15) is 0 Å². The van der Waals surface area contributed by atoms with E-state index in [1.54, 1.807) is 7.05 Å². The largest absolute Gasteiger partial charge is 0.368 e. The normalized spacial score (nSPS) is 25.1. The maximum absolute atomic E-state index is 11.5. The van der Waals surface area contributed by atoms with E-state index in [9.17, 15) is 4.79 Å². The number of hydrogen-bond donors (Lipinski definition) is 2. The van der Waals surface area contributed by atoms with Crippen LogP contribution in [0.25, 0.3) is 0 Å². The van der Waals surface area contributed by atoms with Gasteiger partial charge >= 0.3 is 0 Å². The fourth-order valence-corrected chi connectivity index (χ4v) is 3.13. The summed E-state index contributed by atoms with van der Waals surface area (Å²) in [4.78, 5) is 13.9. The van der Waals surface area contributed by atoms with E-state index >= 15 is 0 Å². The zero-order valence-electron chi connectivity index (χ0n) is 13.9. The molecule has 0 aliphatic carbocycles. The molecule has 0 radical (unpaired) electrons. The zero-order chi connectivity index (χ0) is 15.6. The average molecular weight is 285 g/mol. The third-order valence-corrected chi connectivity index (χ3v) is 4.01. The fourth-order valence-electron chi connectivity index (χ4n) is 3.13. The summed E-state index contributed by atoms with van der Waals surface area (Å²) in [6, 6.07) is 0. The smallest absolute Gasteiger partial charge is 0.237 e. The van der Waals surface area contributed by atoms with Crippen LogP contribution in [-0.2, 0) is 9.53 Å². The molecule has 0 saturated carbocycles. The van der Waals surface area contributed by atoms with Crippen LogP contribution in [0.5, 0.6) is 0 Å². The quantitative estimate of drug-likeness (QED) is 0.767. The number of ether oxygens (including phenoxy) is 1. The van der Waals surface area contributed by atoms with Crippen LogP contribution in [0.1, 0.15) is 47.5 Å². The van der Waals surface area contributed by atoms with Gasteiger partial charge in [-0.3, -0.25) is 9.69 Å². The van der Waals surface area contributed by atoms with Crippen LogP contribution in [0.15, 0.2) is 0 Å². The molecule has 1 rings (SSSR count). The highest BCUT2D eigenvalue weighted by atomic mass is 16.5. The maximum atomic E-state index is 11.5. The van der Waals surface area contributed by atoms with Crippen molar-refractivity contribution in [3.8, 4) is 0 Å². The summed E-state index contributed by atoms with van der Waals surface area (Å²) in [7, 11) is 1.78. The first-order valence-electron chi connectivity index (χ1n) is 7.41. The van der Waals surface area contributed by atoms with Crippen LogP contribution < -0.4 is 11.1 Å². The molecule has 1 unspecified atom stereocenters. The summed E-state index contributed by atoms with van der Waals surface area (Å²) in [6.07, 6.45) is 1.68. The second-order valence-corrected chi connectivity index (χ2v) is 7.38. The van der Waals surface area contributed by atoms with Crippen LogP contribution in [0.4, 0.5) is 0 Å².